The molecule has 20 heavy (non-hydrogen) atoms. The molecule has 0 saturated carbocycles. The lowest BCUT2D eigenvalue weighted by Crippen LogP contribution is -2.47. The number of nitrogens with one attached hydrogen (secondary N) is 1. The lowest BCUT2D eigenvalue weighted by Gasteiger charge is -2.26. The Labute approximate surface area is 131 Å². The first-order valence-corrected chi connectivity index (χ1v) is 8.46. The van der Waals surface area contributed by atoms with Crippen molar-refractivity contribution in [3.8, 4) is 0 Å². The van der Waals surface area contributed by atoms with Crippen LogP contribution in [0.4, 0.5) is 5.69 Å². The highest BCUT2D eigenvalue weighted by Gasteiger charge is 2.27. The summed E-state index contributed by atoms with van der Waals surface area (Å²) in [5.74, 6) is -0.225. The van der Waals surface area contributed by atoms with Gasteiger partial charge in [0.15, 0.2) is 0 Å². The number of benzene rings is 1. The van der Waals surface area contributed by atoms with Crippen LogP contribution in [0.25, 0.3) is 0 Å². The van der Waals surface area contributed by atoms with Gasteiger partial charge in [-0.1, -0.05) is 22.9 Å². The summed E-state index contributed by atoms with van der Waals surface area (Å²) >= 11 is 3.30. The van der Waals surface area contributed by atoms with Crippen molar-refractivity contribution in [2.24, 2.45) is 0 Å². The second kappa shape index (κ2) is 6.72. The second-order valence-corrected chi connectivity index (χ2v) is 8.01. The van der Waals surface area contributed by atoms with E-state index in [1.165, 1.54) is 0 Å². The minimum Gasteiger partial charge on any atom is -0.398 e. The molecular weight excluding hydrogens is 340 g/mol. The van der Waals surface area contributed by atoms with Crippen molar-refractivity contribution in [1.82, 2.24) is 5.32 Å². The smallest absolute Gasteiger partial charge is 0.236 e. The molecule has 0 spiro atoms. The van der Waals surface area contributed by atoms with Gasteiger partial charge in [0.1, 0.15) is 5.25 Å². The predicted molar refractivity (Wildman–Crippen MR) is 86.9 cm³/mol. The number of nitrogen functional groups attached to an aromatic ring is 1. The fourth-order valence-electron chi connectivity index (χ4n) is 1.51. The van der Waals surface area contributed by atoms with E-state index in [1.54, 1.807) is 25.1 Å². The van der Waals surface area contributed by atoms with E-state index < -0.39 is 16.0 Å². The molecule has 1 aromatic rings. The molecule has 2 unspecified atom stereocenters. The molecule has 0 aliphatic rings. The molecule has 2 atom stereocenters. The van der Waals surface area contributed by atoms with Crippen LogP contribution >= 0.6 is 15.9 Å². The van der Waals surface area contributed by atoms with Crippen molar-refractivity contribution in [2.45, 2.75) is 49.8 Å². The van der Waals surface area contributed by atoms with Gasteiger partial charge in [-0.2, -0.15) is 0 Å². The summed E-state index contributed by atoms with van der Waals surface area (Å²) in [4.78, 5) is 12.6. The lowest BCUT2D eigenvalue weighted by atomic mass is 10.0. The minimum atomic E-state index is -1.47. The van der Waals surface area contributed by atoms with Crippen LogP contribution in [0.2, 0.25) is 0 Å². The number of amides is 1. The van der Waals surface area contributed by atoms with Crippen LogP contribution in [-0.2, 0) is 15.6 Å². The molecule has 0 aliphatic carbocycles. The van der Waals surface area contributed by atoms with Crippen LogP contribution in [0.3, 0.4) is 0 Å². The van der Waals surface area contributed by atoms with Gasteiger partial charge in [0.25, 0.3) is 0 Å². The Hall–Kier alpha value is -0.880. The highest BCUT2D eigenvalue weighted by atomic mass is 79.9. The van der Waals surface area contributed by atoms with Gasteiger partial charge in [-0.25, -0.2) is 0 Å². The van der Waals surface area contributed by atoms with Crippen LogP contribution in [0.1, 0.15) is 34.1 Å². The zero-order valence-corrected chi connectivity index (χ0v) is 14.6. The van der Waals surface area contributed by atoms with E-state index in [9.17, 15) is 9.00 Å². The largest absolute Gasteiger partial charge is 0.398 e. The minimum absolute atomic E-state index is 0.225. The molecular formula is C14H21BrN2O2S. The Kier molecular flexibility index (Phi) is 5.77. The summed E-state index contributed by atoms with van der Waals surface area (Å²) in [6.07, 6.45) is 0.804. The Morgan fingerprint density at radius 2 is 2.10 bits per heavy atom. The summed E-state index contributed by atoms with van der Waals surface area (Å²) in [5.41, 5.74) is 5.98. The number of rotatable bonds is 5. The van der Waals surface area contributed by atoms with Crippen molar-refractivity contribution in [3.63, 3.8) is 0 Å². The number of carbonyl (C=O) groups excluding carboxylic acids is 1. The third-order valence-corrected chi connectivity index (χ3v) is 5.38. The number of hydrogen-bond acceptors (Lipinski definition) is 3. The summed E-state index contributed by atoms with van der Waals surface area (Å²) in [6.45, 7) is 7.52. The summed E-state index contributed by atoms with van der Waals surface area (Å²) < 4.78 is 13.3. The molecule has 3 N–H and O–H groups in total. The molecule has 6 heteroatoms. The van der Waals surface area contributed by atoms with E-state index in [0.29, 0.717) is 10.6 Å². The molecule has 0 bridgehead atoms. The average Bonchev–Trinajstić information content (AvgIpc) is 2.36. The van der Waals surface area contributed by atoms with Gasteiger partial charge in [0, 0.05) is 15.7 Å². The van der Waals surface area contributed by atoms with Gasteiger partial charge >= 0.3 is 0 Å². The first-order valence-electron chi connectivity index (χ1n) is 6.45. The molecule has 1 rings (SSSR count). The standard InChI is InChI=1S/C14H21BrN2O2S/c1-5-14(3,4)17-13(18)9(2)20(19)12-7-6-10(15)8-11(12)16/h6-9H,5,16H2,1-4H3,(H,17,18). The molecule has 4 nitrogen and oxygen atoms in total. The van der Waals surface area contributed by atoms with Crippen molar-refractivity contribution in [3.05, 3.63) is 22.7 Å². The third-order valence-electron chi connectivity index (χ3n) is 3.22. The topological polar surface area (TPSA) is 72.2 Å². The lowest BCUT2D eigenvalue weighted by molar-refractivity contribution is -0.121. The van der Waals surface area contributed by atoms with Gasteiger partial charge in [-0.3, -0.25) is 9.00 Å². The van der Waals surface area contributed by atoms with Gasteiger partial charge in [-0.15, -0.1) is 0 Å². The summed E-state index contributed by atoms with van der Waals surface area (Å²) in [6, 6.07) is 5.14. The fourth-order valence-corrected chi connectivity index (χ4v) is 3.02. The van der Waals surface area contributed by atoms with Crippen molar-refractivity contribution >= 4 is 38.3 Å². The van der Waals surface area contributed by atoms with Crippen LogP contribution < -0.4 is 11.1 Å². The van der Waals surface area contributed by atoms with E-state index in [1.807, 2.05) is 20.8 Å². The van der Waals surface area contributed by atoms with Crippen molar-refractivity contribution in [2.75, 3.05) is 5.73 Å². The average molecular weight is 361 g/mol. The summed E-state index contributed by atoms with van der Waals surface area (Å²) in [7, 11) is -1.47. The number of halogens is 1. The first kappa shape index (κ1) is 17.2. The zero-order valence-electron chi connectivity index (χ0n) is 12.2. The van der Waals surface area contributed by atoms with E-state index >= 15 is 0 Å². The van der Waals surface area contributed by atoms with Crippen LogP contribution in [0.5, 0.6) is 0 Å². The molecule has 1 amide bonds. The summed E-state index contributed by atoms with van der Waals surface area (Å²) in [5, 5.41) is 2.26. The van der Waals surface area contributed by atoms with Crippen LogP contribution in [0.15, 0.2) is 27.6 Å². The quantitative estimate of drug-likeness (QED) is 0.793. The number of anilines is 1. The Bertz CT molecular complexity index is 532. The zero-order chi connectivity index (χ0) is 15.5. The Morgan fingerprint density at radius 1 is 1.50 bits per heavy atom. The maximum Gasteiger partial charge on any atom is 0.236 e. The number of hydrogen-bond donors (Lipinski definition) is 2. The van der Waals surface area contributed by atoms with Gasteiger partial charge in [-0.05, 0) is 45.4 Å². The van der Waals surface area contributed by atoms with E-state index in [-0.39, 0.29) is 11.4 Å². The molecule has 0 heterocycles. The van der Waals surface area contributed by atoms with Gasteiger partial charge in [0.2, 0.25) is 5.91 Å². The molecule has 0 fully saturated rings. The van der Waals surface area contributed by atoms with Crippen molar-refractivity contribution < 1.29 is 9.00 Å². The van der Waals surface area contributed by atoms with Crippen LogP contribution in [0, 0.1) is 0 Å². The molecule has 0 aliphatic heterocycles. The molecule has 0 radical (unpaired) electrons. The predicted octanol–water partition coefficient (Wildman–Crippen LogP) is 2.83. The second-order valence-electron chi connectivity index (χ2n) is 5.35. The highest BCUT2D eigenvalue weighted by Crippen LogP contribution is 2.23. The third kappa shape index (κ3) is 4.31. The Balaban J connectivity index is 2.89. The molecule has 0 aromatic heterocycles. The fraction of sp³-hybridized carbons (Fsp3) is 0.500. The maximum atomic E-state index is 12.4. The van der Waals surface area contributed by atoms with E-state index in [2.05, 4.69) is 21.2 Å². The normalized spacial score (nSPS) is 14.7. The molecule has 0 saturated heterocycles. The van der Waals surface area contributed by atoms with E-state index in [4.69, 9.17) is 5.73 Å². The molecule has 112 valence electrons. The van der Waals surface area contributed by atoms with E-state index in [0.717, 1.165) is 10.9 Å². The maximum absolute atomic E-state index is 12.4. The van der Waals surface area contributed by atoms with Gasteiger partial charge in [0.05, 0.1) is 15.7 Å². The van der Waals surface area contributed by atoms with Crippen LogP contribution in [-0.4, -0.2) is 20.9 Å². The SMILES string of the molecule is CCC(C)(C)NC(=O)C(C)S(=O)c1ccc(Br)cc1N. The number of carbonyl (C=O) groups is 1. The Morgan fingerprint density at radius 3 is 2.60 bits per heavy atom. The number of nitrogens with two attached hydrogens (primary N) is 1. The van der Waals surface area contributed by atoms with Crippen molar-refractivity contribution in [1.29, 1.82) is 0 Å². The molecule has 1 aromatic carbocycles. The van der Waals surface area contributed by atoms with Gasteiger partial charge < -0.3 is 11.1 Å². The first-order chi connectivity index (χ1) is 9.18. The monoisotopic (exact) mass is 360 g/mol. The highest BCUT2D eigenvalue weighted by molar-refractivity contribution is 9.10.